The topological polar surface area (TPSA) is 40.5 Å². The standard InChI is InChI=1S/C13H19NO2S/c1-3-17-12-6-4-5-11(9-12)10-14(2)8-7-13(15)16/h4-6,9H,3,7-8,10H2,1-2H3,(H,15,16). The molecule has 0 saturated carbocycles. The van der Waals surface area contributed by atoms with Crippen LogP contribution in [0.2, 0.25) is 0 Å². The van der Waals surface area contributed by atoms with Crippen LogP contribution in [0, 0.1) is 0 Å². The molecular weight excluding hydrogens is 234 g/mol. The van der Waals surface area contributed by atoms with E-state index in [-0.39, 0.29) is 6.42 Å². The third kappa shape index (κ3) is 5.75. The Kier molecular flexibility index (Phi) is 6.08. The van der Waals surface area contributed by atoms with E-state index in [1.54, 1.807) is 0 Å². The highest BCUT2D eigenvalue weighted by atomic mass is 32.2. The molecule has 0 aliphatic rings. The predicted molar refractivity (Wildman–Crippen MR) is 71.4 cm³/mol. The van der Waals surface area contributed by atoms with E-state index in [1.165, 1.54) is 10.5 Å². The molecule has 1 rings (SSSR count). The van der Waals surface area contributed by atoms with Gasteiger partial charge in [-0.1, -0.05) is 19.1 Å². The van der Waals surface area contributed by atoms with Crippen molar-refractivity contribution in [2.45, 2.75) is 24.8 Å². The first-order chi connectivity index (χ1) is 8.11. The molecule has 17 heavy (non-hydrogen) atoms. The Hall–Kier alpha value is -1.00. The van der Waals surface area contributed by atoms with Crippen molar-refractivity contribution in [1.82, 2.24) is 4.90 Å². The highest BCUT2D eigenvalue weighted by Crippen LogP contribution is 2.19. The first-order valence-electron chi connectivity index (χ1n) is 5.74. The molecule has 4 heteroatoms. The van der Waals surface area contributed by atoms with Crippen molar-refractivity contribution in [2.24, 2.45) is 0 Å². The van der Waals surface area contributed by atoms with E-state index in [2.05, 4.69) is 31.2 Å². The molecule has 0 aliphatic carbocycles. The molecule has 0 amide bonds. The SMILES string of the molecule is CCSc1cccc(CN(C)CCC(=O)O)c1. The maximum absolute atomic E-state index is 10.5. The van der Waals surface area contributed by atoms with Gasteiger partial charge in [-0.15, -0.1) is 11.8 Å². The minimum absolute atomic E-state index is 0.194. The lowest BCUT2D eigenvalue weighted by Gasteiger charge is -2.15. The van der Waals surface area contributed by atoms with Gasteiger partial charge in [-0.3, -0.25) is 4.79 Å². The van der Waals surface area contributed by atoms with Gasteiger partial charge in [0.15, 0.2) is 0 Å². The fourth-order valence-electron chi connectivity index (χ4n) is 1.58. The molecule has 0 aromatic heterocycles. The molecule has 0 aliphatic heterocycles. The van der Waals surface area contributed by atoms with Gasteiger partial charge in [-0.25, -0.2) is 0 Å². The average molecular weight is 253 g/mol. The highest BCUT2D eigenvalue weighted by Gasteiger charge is 2.04. The van der Waals surface area contributed by atoms with E-state index in [0.29, 0.717) is 6.54 Å². The zero-order valence-corrected chi connectivity index (χ0v) is 11.2. The monoisotopic (exact) mass is 253 g/mol. The van der Waals surface area contributed by atoms with Crippen LogP contribution in [0.25, 0.3) is 0 Å². The number of aliphatic carboxylic acids is 1. The van der Waals surface area contributed by atoms with Gasteiger partial charge in [0.05, 0.1) is 6.42 Å². The first kappa shape index (κ1) is 14.1. The van der Waals surface area contributed by atoms with Gasteiger partial charge in [0.1, 0.15) is 0 Å². The number of rotatable bonds is 7. The van der Waals surface area contributed by atoms with Crippen molar-refractivity contribution < 1.29 is 9.90 Å². The van der Waals surface area contributed by atoms with Crippen LogP contribution in [0.15, 0.2) is 29.2 Å². The van der Waals surface area contributed by atoms with E-state index in [0.717, 1.165) is 12.3 Å². The molecule has 94 valence electrons. The molecule has 0 bridgehead atoms. The average Bonchev–Trinajstić information content (AvgIpc) is 2.27. The summed E-state index contributed by atoms with van der Waals surface area (Å²) in [4.78, 5) is 13.8. The molecule has 0 fully saturated rings. The second-order valence-electron chi connectivity index (χ2n) is 3.96. The van der Waals surface area contributed by atoms with Crippen molar-refractivity contribution in [2.75, 3.05) is 19.3 Å². The summed E-state index contributed by atoms with van der Waals surface area (Å²) in [6.45, 7) is 3.52. The van der Waals surface area contributed by atoms with Crippen LogP contribution in [-0.4, -0.2) is 35.3 Å². The largest absolute Gasteiger partial charge is 0.481 e. The van der Waals surface area contributed by atoms with E-state index in [4.69, 9.17) is 5.11 Å². The number of carboxylic acids is 1. The van der Waals surface area contributed by atoms with Crippen LogP contribution in [0.1, 0.15) is 18.9 Å². The van der Waals surface area contributed by atoms with Crippen molar-refractivity contribution in [3.8, 4) is 0 Å². The molecule has 0 spiro atoms. The third-order valence-corrected chi connectivity index (χ3v) is 3.25. The summed E-state index contributed by atoms with van der Waals surface area (Å²) in [5, 5.41) is 8.61. The normalized spacial score (nSPS) is 10.8. The van der Waals surface area contributed by atoms with Crippen LogP contribution in [0.4, 0.5) is 0 Å². The maximum Gasteiger partial charge on any atom is 0.304 e. The number of thioether (sulfide) groups is 1. The van der Waals surface area contributed by atoms with Gasteiger partial charge < -0.3 is 10.0 Å². The number of benzene rings is 1. The Balaban J connectivity index is 2.49. The number of hydrogen-bond acceptors (Lipinski definition) is 3. The Morgan fingerprint density at radius 2 is 2.24 bits per heavy atom. The number of nitrogens with zero attached hydrogens (tertiary/aromatic N) is 1. The number of hydrogen-bond donors (Lipinski definition) is 1. The van der Waals surface area contributed by atoms with Crippen molar-refractivity contribution in [3.63, 3.8) is 0 Å². The lowest BCUT2D eigenvalue weighted by atomic mass is 10.2. The molecule has 0 radical (unpaired) electrons. The molecule has 0 saturated heterocycles. The summed E-state index contributed by atoms with van der Waals surface area (Å²) >= 11 is 1.82. The minimum Gasteiger partial charge on any atom is -0.481 e. The summed E-state index contributed by atoms with van der Waals surface area (Å²) in [7, 11) is 1.95. The van der Waals surface area contributed by atoms with Gasteiger partial charge in [0.25, 0.3) is 0 Å². The summed E-state index contributed by atoms with van der Waals surface area (Å²) in [5.74, 6) is 0.324. The zero-order chi connectivity index (χ0) is 12.7. The fourth-order valence-corrected chi connectivity index (χ4v) is 2.32. The molecule has 3 nitrogen and oxygen atoms in total. The lowest BCUT2D eigenvalue weighted by Crippen LogP contribution is -2.21. The molecule has 0 atom stereocenters. The number of carboxylic acid groups (broad SMARTS) is 1. The van der Waals surface area contributed by atoms with Crippen LogP contribution < -0.4 is 0 Å². The smallest absolute Gasteiger partial charge is 0.304 e. The van der Waals surface area contributed by atoms with Crippen LogP contribution >= 0.6 is 11.8 Å². The van der Waals surface area contributed by atoms with E-state index in [9.17, 15) is 4.79 Å². The minimum atomic E-state index is -0.743. The Bertz CT molecular complexity index is 368. The summed E-state index contributed by atoms with van der Waals surface area (Å²) < 4.78 is 0. The van der Waals surface area contributed by atoms with Gasteiger partial charge in [-0.05, 0) is 30.5 Å². The summed E-state index contributed by atoms with van der Waals surface area (Å²) in [5.41, 5.74) is 1.23. The van der Waals surface area contributed by atoms with Crippen molar-refractivity contribution in [3.05, 3.63) is 29.8 Å². The second-order valence-corrected chi connectivity index (χ2v) is 5.30. The summed E-state index contributed by atoms with van der Waals surface area (Å²) in [6, 6.07) is 8.41. The zero-order valence-electron chi connectivity index (χ0n) is 10.3. The molecular formula is C13H19NO2S. The van der Waals surface area contributed by atoms with Gasteiger partial charge in [0.2, 0.25) is 0 Å². The van der Waals surface area contributed by atoms with Crippen molar-refractivity contribution in [1.29, 1.82) is 0 Å². The van der Waals surface area contributed by atoms with E-state index in [1.807, 2.05) is 23.7 Å². The molecule has 0 heterocycles. The molecule has 1 aromatic rings. The second kappa shape index (κ2) is 7.35. The quantitative estimate of drug-likeness (QED) is 0.759. The Morgan fingerprint density at radius 1 is 1.47 bits per heavy atom. The molecule has 1 aromatic carbocycles. The van der Waals surface area contributed by atoms with Gasteiger partial charge in [0, 0.05) is 18.0 Å². The number of carbonyl (C=O) groups is 1. The van der Waals surface area contributed by atoms with Crippen LogP contribution in [0.5, 0.6) is 0 Å². The van der Waals surface area contributed by atoms with E-state index < -0.39 is 5.97 Å². The van der Waals surface area contributed by atoms with Crippen LogP contribution in [0.3, 0.4) is 0 Å². The summed E-state index contributed by atoms with van der Waals surface area (Å²) in [6.07, 6.45) is 0.194. The maximum atomic E-state index is 10.5. The van der Waals surface area contributed by atoms with Gasteiger partial charge >= 0.3 is 5.97 Å². The Labute approximate surface area is 107 Å². The lowest BCUT2D eigenvalue weighted by molar-refractivity contribution is -0.137. The fraction of sp³-hybridized carbons (Fsp3) is 0.462. The highest BCUT2D eigenvalue weighted by molar-refractivity contribution is 7.99. The third-order valence-electron chi connectivity index (χ3n) is 2.37. The van der Waals surface area contributed by atoms with E-state index >= 15 is 0 Å². The Morgan fingerprint density at radius 3 is 2.88 bits per heavy atom. The molecule has 1 N–H and O–H groups in total. The first-order valence-corrected chi connectivity index (χ1v) is 6.72. The van der Waals surface area contributed by atoms with Crippen molar-refractivity contribution >= 4 is 17.7 Å². The molecule has 0 unspecified atom stereocenters. The predicted octanol–water partition coefficient (Wildman–Crippen LogP) is 2.71. The van der Waals surface area contributed by atoms with Crippen LogP contribution in [-0.2, 0) is 11.3 Å². The van der Waals surface area contributed by atoms with Gasteiger partial charge in [-0.2, -0.15) is 0 Å².